The third kappa shape index (κ3) is 6.77. The van der Waals surface area contributed by atoms with Crippen LogP contribution in [0.2, 0.25) is 0 Å². The maximum absolute atomic E-state index is 12.1. The molecule has 0 spiro atoms. The number of hydrogen-bond acceptors (Lipinski definition) is 3. The van der Waals surface area contributed by atoms with Crippen molar-refractivity contribution in [2.45, 2.75) is 22.6 Å². The van der Waals surface area contributed by atoms with Gasteiger partial charge in [0.05, 0.1) is 0 Å². The number of nitrogens with zero attached hydrogens (tertiary/aromatic N) is 1. The zero-order valence-corrected chi connectivity index (χ0v) is 17.9. The fraction of sp³-hybridized carbons (Fsp3) is 0.240. The molecule has 0 aliphatic carbocycles. The highest BCUT2D eigenvalue weighted by Crippen LogP contribution is 2.32. The molecule has 0 heterocycles. The minimum Gasteiger partial charge on any atom is -0.353 e. The van der Waals surface area contributed by atoms with E-state index in [1.165, 1.54) is 15.7 Å². The van der Waals surface area contributed by atoms with E-state index >= 15 is 0 Å². The van der Waals surface area contributed by atoms with E-state index in [0.29, 0.717) is 6.54 Å². The lowest BCUT2D eigenvalue weighted by molar-refractivity contribution is -0.116. The molecule has 0 aromatic heterocycles. The number of carbonyl (C=O) groups is 1. The number of rotatable bonds is 9. The zero-order valence-electron chi connectivity index (χ0n) is 17.1. The van der Waals surface area contributed by atoms with E-state index in [2.05, 4.69) is 72.8 Å². The van der Waals surface area contributed by atoms with Crippen LogP contribution >= 0.6 is 11.8 Å². The van der Waals surface area contributed by atoms with Gasteiger partial charge < -0.3 is 10.2 Å². The molecule has 3 aromatic carbocycles. The van der Waals surface area contributed by atoms with E-state index in [4.69, 9.17) is 0 Å². The lowest BCUT2D eigenvalue weighted by Crippen LogP contribution is -2.23. The van der Waals surface area contributed by atoms with Gasteiger partial charge in [-0.15, -0.1) is 0 Å². The first kappa shape index (κ1) is 21.2. The summed E-state index contributed by atoms with van der Waals surface area (Å²) < 4.78 is 0. The molecule has 0 radical (unpaired) electrons. The second-order valence-electron chi connectivity index (χ2n) is 7.28. The van der Waals surface area contributed by atoms with Gasteiger partial charge in [-0.2, -0.15) is 0 Å². The largest absolute Gasteiger partial charge is 0.353 e. The van der Waals surface area contributed by atoms with E-state index < -0.39 is 0 Å². The van der Waals surface area contributed by atoms with Gasteiger partial charge in [-0.1, -0.05) is 60.3 Å². The lowest BCUT2D eigenvalue weighted by atomic mass is 10.1. The molecule has 0 atom stereocenters. The van der Waals surface area contributed by atoms with Crippen molar-refractivity contribution in [3.63, 3.8) is 0 Å². The Balaban J connectivity index is 1.60. The molecular weight excluding hydrogens is 376 g/mol. The van der Waals surface area contributed by atoms with Crippen molar-refractivity contribution >= 4 is 34.5 Å². The summed E-state index contributed by atoms with van der Waals surface area (Å²) in [6.45, 7) is 1.76. The van der Waals surface area contributed by atoms with E-state index in [1.54, 1.807) is 17.8 Å². The molecule has 3 rings (SSSR count). The average Bonchev–Trinajstić information content (AvgIpc) is 2.72. The fourth-order valence-corrected chi connectivity index (χ4v) is 4.03. The number of hydrogen-bond donors (Lipinski definition) is 1. The minimum absolute atomic E-state index is 0.0413. The summed E-state index contributed by atoms with van der Waals surface area (Å²) in [6.07, 6.45) is 5.61. The van der Waals surface area contributed by atoms with Crippen molar-refractivity contribution in [2.24, 2.45) is 0 Å². The summed E-state index contributed by atoms with van der Waals surface area (Å²) >= 11 is 1.72. The molecule has 0 aliphatic rings. The predicted molar refractivity (Wildman–Crippen MR) is 124 cm³/mol. The number of fused-ring (bicyclic) bond motifs is 1. The molecule has 0 saturated carbocycles. The van der Waals surface area contributed by atoms with Crippen LogP contribution in [0.3, 0.4) is 0 Å². The Morgan fingerprint density at radius 2 is 1.72 bits per heavy atom. The number of benzene rings is 3. The minimum atomic E-state index is -0.0413. The van der Waals surface area contributed by atoms with Crippen molar-refractivity contribution in [2.75, 3.05) is 27.2 Å². The van der Waals surface area contributed by atoms with Crippen molar-refractivity contribution in [1.29, 1.82) is 0 Å². The Morgan fingerprint density at radius 1 is 0.966 bits per heavy atom. The number of amides is 1. The Kier molecular flexibility index (Phi) is 7.91. The topological polar surface area (TPSA) is 32.3 Å². The standard InChI is InChI=1S/C25H28N2OS/c1-27(2)18-8-7-17-26-25(28)16-14-21-10-5-6-12-24(21)29-23-15-13-20-9-3-4-11-22(20)19-23/h3-6,9-16,19H,7-8,17-18H2,1-2H3,(H,26,28)/b16-14+. The van der Waals surface area contributed by atoms with E-state index in [9.17, 15) is 4.79 Å². The SMILES string of the molecule is CN(C)CCCCNC(=O)/C=C/c1ccccc1Sc1ccc2ccccc2c1. The Hall–Kier alpha value is -2.56. The molecule has 0 aliphatic heterocycles. The molecule has 1 amide bonds. The molecule has 3 aromatic rings. The van der Waals surface area contributed by atoms with Crippen LogP contribution in [0.4, 0.5) is 0 Å². The van der Waals surface area contributed by atoms with Gasteiger partial charge in [0.15, 0.2) is 0 Å². The molecule has 4 heteroatoms. The maximum atomic E-state index is 12.1. The van der Waals surface area contributed by atoms with E-state index in [-0.39, 0.29) is 5.91 Å². The van der Waals surface area contributed by atoms with Crippen LogP contribution in [0.15, 0.2) is 82.6 Å². The first-order valence-corrected chi connectivity index (χ1v) is 10.8. The molecule has 0 saturated heterocycles. The zero-order chi connectivity index (χ0) is 20.5. The van der Waals surface area contributed by atoms with Gasteiger partial charge in [0.25, 0.3) is 0 Å². The van der Waals surface area contributed by atoms with Crippen molar-refractivity contribution in [3.8, 4) is 0 Å². The molecule has 0 unspecified atom stereocenters. The van der Waals surface area contributed by atoms with Crippen molar-refractivity contribution in [3.05, 3.63) is 78.4 Å². The Morgan fingerprint density at radius 3 is 2.55 bits per heavy atom. The van der Waals surface area contributed by atoms with Crippen LogP contribution in [0, 0.1) is 0 Å². The van der Waals surface area contributed by atoms with Crippen molar-refractivity contribution < 1.29 is 4.79 Å². The molecule has 0 bridgehead atoms. The van der Waals surface area contributed by atoms with Crippen LogP contribution in [0.25, 0.3) is 16.8 Å². The van der Waals surface area contributed by atoms with Gasteiger partial charge >= 0.3 is 0 Å². The Bertz CT molecular complexity index is 981. The highest BCUT2D eigenvalue weighted by molar-refractivity contribution is 7.99. The first-order chi connectivity index (χ1) is 14.1. The molecule has 150 valence electrons. The normalized spacial score (nSPS) is 11.4. The smallest absolute Gasteiger partial charge is 0.243 e. The first-order valence-electron chi connectivity index (χ1n) is 9.98. The molecule has 0 fully saturated rings. The van der Waals surface area contributed by atoms with Crippen LogP contribution in [-0.2, 0) is 4.79 Å². The lowest BCUT2D eigenvalue weighted by Gasteiger charge is -2.09. The second kappa shape index (κ2) is 10.8. The van der Waals surface area contributed by atoms with Gasteiger partial charge in [-0.25, -0.2) is 0 Å². The van der Waals surface area contributed by atoms with E-state index in [1.807, 2.05) is 24.3 Å². The molecular formula is C25H28N2OS. The van der Waals surface area contributed by atoms with Crippen LogP contribution in [0.5, 0.6) is 0 Å². The summed E-state index contributed by atoms with van der Waals surface area (Å²) in [7, 11) is 4.13. The summed E-state index contributed by atoms with van der Waals surface area (Å²) in [4.78, 5) is 16.6. The number of unbranched alkanes of at least 4 members (excludes halogenated alkanes) is 1. The van der Waals surface area contributed by atoms with Crippen molar-refractivity contribution in [1.82, 2.24) is 10.2 Å². The Labute approximate surface area is 177 Å². The highest BCUT2D eigenvalue weighted by Gasteiger charge is 2.04. The summed E-state index contributed by atoms with van der Waals surface area (Å²) in [5.74, 6) is -0.0413. The fourth-order valence-electron chi connectivity index (χ4n) is 3.06. The summed E-state index contributed by atoms with van der Waals surface area (Å²) in [6, 6.07) is 23.1. The maximum Gasteiger partial charge on any atom is 0.243 e. The van der Waals surface area contributed by atoms with Gasteiger partial charge in [0, 0.05) is 22.4 Å². The molecule has 3 nitrogen and oxygen atoms in total. The van der Waals surface area contributed by atoms with Crippen LogP contribution < -0.4 is 5.32 Å². The summed E-state index contributed by atoms with van der Waals surface area (Å²) in [5, 5.41) is 5.44. The third-order valence-corrected chi connectivity index (χ3v) is 5.69. The number of carbonyl (C=O) groups excluding carboxylic acids is 1. The monoisotopic (exact) mass is 404 g/mol. The quantitative estimate of drug-likeness (QED) is 0.379. The van der Waals surface area contributed by atoms with Gasteiger partial charge in [-0.3, -0.25) is 4.79 Å². The van der Waals surface area contributed by atoms with Gasteiger partial charge in [0.1, 0.15) is 0 Å². The van der Waals surface area contributed by atoms with Crippen LogP contribution in [-0.4, -0.2) is 38.0 Å². The van der Waals surface area contributed by atoms with Crippen LogP contribution in [0.1, 0.15) is 18.4 Å². The second-order valence-corrected chi connectivity index (χ2v) is 8.40. The highest BCUT2D eigenvalue weighted by atomic mass is 32.2. The molecule has 1 N–H and O–H groups in total. The average molecular weight is 405 g/mol. The third-order valence-electron chi connectivity index (χ3n) is 4.61. The molecule has 29 heavy (non-hydrogen) atoms. The van der Waals surface area contributed by atoms with Gasteiger partial charge in [0.2, 0.25) is 5.91 Å². The summed E-state index contributed by atoms with van der Waals surface area (Å²) in [5.41, 5.74) is 1.05. The number of nitrogens with one attached hydrogen (secondary N) is 1. The van der Waals surface area contributed by atoms with Gasteiger partial charge in [-0.05, 0) is 74.1 Å². The van der Waals surface area contributed by atoms with E-state index in [0.717, 1.165) is 29.8 Å². The predicted octanol–water partition coefficient (Wildman–Crippen LogP) is 5.46.